The van der Waals surface area contributed by atoms with E-state index in [1.165, 1.54) is 0 Å². The Labute approximate surface area is 126 Å². The molecule has 1 amide bonds. The summed E-state index contributed by atoms with van der Waals surface area (Å²) in [6.45, 7) is 9.85. The lowest BCUT2D eigenvalue weighted by molar-refractivity contribution is -0.138. The van der Waals surface area contributed by atoms with Crippen LogP contribution in [-0.2, 0) is 9.59 Å². The minimum atomic E-state index is -0.746. The van der Waals surface area contributed by atoms with Crippen LogP contribution in [0.15, 0.2) is 0 Å². The van der Waals surface area contributed by atoms with Crippen LogP contribution < -0.4 is 0 Å². The second-order valence-corrected chi connectivity index (χ2v) is 8.52. The van der Waals surface area contributed by atoms with Crippen molar-refractivity contribution >= 4 is 23.6 Å². The molecule has 5 heteroatoms. The summed E-state index contributed by atoms with van der Waals surface area (Å²) >= 11 is 1.67. The molecule has 0 spiro atoms. The van der Waals surface area contributed by atoms with E-state index >= 15 is 0 Å². The molecule has 1 fully saturated rings. The summed E-state index contributed by atoms with van der Waals surface area (Å²) in [6, 6.07) is 0. The van der Waals surface area contributed by atoms with E-state index in [9.17, 15) is 9.59 Å². The minimum absolute atomic E-state index is 0.0987. The molecule has 20 heavy (non-hydrogen) atoms. The zero-order valence-electron chi connectivity index (χ0n) is 13.0. The van der Waals surface area contributed by atoms with Crippen molar-refractivity contribution in [2.75, 3.05) is 18.8 Å². The number of aliphatic carboxylic acids is 1. The minimum Gasteiger partial charge on any atom is -0.481 e. The Bertz CT molecular complexity index is 352. The quantitative estimate of drug-likeness (QED) is 0.848. The monoisotopic (exact) mass is 301 g/mol. The molecular formula is C15H27NO3S. The molecule has 1 N–H and O–H groups in total. The maximum Gasteiger partial charge on any atom is 0.303 e. The summed E-state index contributed by atoms with van der Waals surface area (Å²) < 4.78 is 0.0987. The molecule has 0 saturated carbocycles. The SMILES string of the molecule is CC(CC(=O)O)C1CCCN(C(=O)CSC(C)(C)C)C1. The lowest BCUT2D eigenvalue weighted by Gasteiger charge is -2.36. The molecule has 0 bridgehead atoms. The molecule has 116 valence electrons. The average molecular weight is 301 g/mol. The Kier molecular flexibility index (Phi) is 6.37. The van der Waals surface area contributed by atoms with Gasteiger partial charge >= 0.3 is 5.97 Å². The molecule has 1 rings (SSSR count). The fraction of sp³-hybridized carbons (Fsp3) is 0.867. The molecule has 0 aliphatic carbocycles. The summed E-state index contributed by atoms with van der Waals surface area (Å²) in [5, 5.41) is 8.88. The van der Waals surface area contributed by atoms with Gasteiger partial charge in [0.15, 0.2) is 0 Å². The summed E-state index contributed by atoms with van der Waals surface area (Å²) in [5.74, 6) is 0.423. The third kappa shape index (κ3) is 6.16. The summed E-state index contributed by atoms with van der Waals surface area (Å²) in [4.78, 5) is 24.9. The molecule has 1 aliphatic heterocycles. The number of piperidine rings is 1. The Hall–Kier alpha value is -0.710. The Morgan fingerprint density at radius 3 is 2.60 bits per heavy atom. The number of carbonyl (C=O) groups excluding carboxylic acids is 1. The van der Waals surface area contributed by atoms with Gasteiger partial charge in [0, 0.05) is 24.3 Å². The normalized spacial score (nSPS) is 21.6. The molecule has 1 aliphatic rings. The van der Waals surface area contributed by atoms with E-state index in [0.717, 1.165) is 25.9 Å². The zero-order valence-corrected chi connectivity index (χ0v) is 13.8. The third-order valence-electron chi connectivity index (χ3n) is 3.74. The van der Waals surface area contributed by atoms with Crippen LogP contribution >= 0.6 is 11.8 Å². The van der Waals surface area contributed by atoms with Crippen molar-refractivity contribution < 1.29 is 14.7 Å². The van der Waals surface area contributed by atoms with Crippen LogP contribution in [0.3, 0.4) is 0 Å². The lowest BCUT2D eigenvalue weighted by Crippen LogP contribution is -2.43. The number of nitrogens with zero attached hydrogens (tertiary/aromatic N) is 1. The molecule has 0 aromatic carbocycles. The molecule has 2 atom stereocenters. The van der Waals surface area contributed by atoms with E-state index in [1.807, 2.05) is 11.8 Å². The maximum atomic E-state index is 12.2. The summed E-state index contributed by atoms with van der Waals surface area (Å²) in [7, 11) is 0. The molecular weight excluding hydrogens is 274 g/mol. The van der Waals surface area contributed by atoms with E-state index in [2.05, 4.69) is 20.8 Å². The van der Waals surface area contributed by atoms with Crippen LogP contribution in [0.2, 0.25) is 0 Å². The van der Waals surface area contributed by atoms with Gasteiger partial charge in [-0.3, -0.25) is 9.59 Å². The maximum absolute atomic E-state index is 12.2. The Morgan fingerprint density at radius 1 is 1.40 bits per heavy atom. The van der Waals surface area contributed by atoms with Crippen LogP contribution in [-0.4, -0.2) is 45.5 Å². The average Bonchev–Trinajstić information content (AvgIpc) is 2.34. The van der Waals surface area contributed by atoms with Crippen LogP contribution in [0.4, 0.5) is 0 Å². The van der Waals surface area contributed by atoms with E-state index in [0.29, 0.717) is 11.7 Å². The van der Waals surface area contributed by atoms with Gasteiger partial charge in [-0.1, -0.05) is 27.7 Å². The number of carboxylic acid groups (broad SMARTS) is 1. The highest BCUT2D eigenvalue weighted by molar-refractivity contribution is 8.01. The summed E-state index contributed by atoms with van der Waals surface area (Å²) in [6.07, 6.45) is 2.22. The molecule has 0 aromatic rings. The smallest absolute Gasteiger partial charge is 0.303 e. The van der Waals surface area contributed by atoms with E-state index in [1.54, 1.807) is 11.8 Å². The number of carboxylic acids is 1. The van der Waals surface area contributed by atoms with Crippen molar-refractivity contribution in [3.63, 3.8) is 0 Å². The first-order valence-corrected chi connectivity index (χ1v) is 8.31. The number of carbonyl (C=O) groups is 2. The van der Waals surface area contributed by atoms with Gasteiger partial charge in [-0.05, 0) is 24.7 Å². The molecule has 2 unspecified atom stereocenters. The van der Waals surface area contributed by atoms with Gasteiger partial charge in [-0.15, -0.1) is 11.8 Å². The number of amides is 1. The van der Waals surface area contributed by atoms with E-state index in [-0.39, 0.29) is 23.0 Å². The van der Waals surface area contributed by atoms with Gasteiger partial charge in [0.05, 0.1) is 5.75 Å². The van der Waals surface area contributed by atoms with Gasteiger partial charge in [0.1, 0.15) is 0 Å². The molecule has 1 saturated heterocycles. The topological polar surface area (TPSA) is 57.6 Å². The van der Waals surface area contributed by atoms with Gasteiger partial charge in [0.2, 0.25) is 5.91 Å². The van der Waals surface area contributed by atoms with Crippen molar-refractivity contribution in [2.24, 2.45) is 11.8 Å². The van der Waals surface area contributed by atoms with Gasteiger partial charge in [-0.2, -0.15) is 0 Å². The van der Waals surface area contributed by atoms with Crippen molar-refractivity contribution in [3.05, 3.63) is 0 Å². The van der Waals surface area contributed by atoms with Gasteiger partial charge < -0.3 is 10.0 Å². The number of thioether (sulfide) groups is 1. The van der Waals surface area contributed by atoms with Crippen molar-refractivity contribution in [1.29, 1.82) is 0 Å². The van der Waals surface area contributed by atoms with Gasteiger partial charge in [0.25, 0.3) is 0 Å². The first-order chi connectivity index (χ1) is 9.19. The van der Waals surface area contributed by atoms with Gasteiger partial charge in [-0.25, -0.2) is 0 Å². The predicted molar refractivity (Wildman–Crippen MR) is 82.9 cm³/mol. The van der Waals surface area contributed by atoms with Crippen molar-refractivity contribution in [2.45, 2.75) is 51.7 Å². The number of hydrogen-bond donors (Lipinski definition) is 1. The summed E-state index contributed by atoms with van der Waals surface area (Å²) in [5.41, 5.74) is 0. The highest BCUT2D eigenvalue weighted by Gasteiger charge is 2.28. The fourth-order valence-electron chi connectivity index (χ4n) is 2.51. The molecule has 0 aromatic heterocycles. The number of hydrogen-bond acceptors (Lipinski definition) is 3. The van der Waals surface area contributed by atoms with Crippen LogP contribution in [0.5, 0.6) is 0 Å². The third-order valence-corrected chi connectivity index (χ3v) is 5.00. The zero-order chi connectivity index (χ0) is 15.3. The largest absolute Gasteiger partial charge is 0.481 e. The number of likely N-dealkylation sites (tertiary alicyclic amines) is 1. The fourth-order valence-corrected chi connectivity index (χ4v) is 3.25. The lowest BCUT2D eigenvalue weighted by atomic mass is 9.84. The number of rotatable bonds is 5. The molecule has 1 heterocycles. The molecule has 0 radical (unpaired) electrons. The first-order valence-electron chi connectivity index (χ1n) is 7.32. The Morgan fingerprint density at radius 2 is 2.05 bits per heavy atom. The Balaban J connectivity index is 2.47. The van der Waals surface area contributed by atoms with Crippen LogP contribution in [0.1, 0.15) is 47.0 Å². The second-order valence-electron chi connectivity index (χ2n) is 6.72. The highest BCUT2D eigenvalue weighted by atomic mass is 32.2. The van der Waals surface area contributed by atoms with E-state index in [4.69, 9.17) is 5.11 Å². The van der Waals surface area contributed by atoms with Crippen molar-refractivity contribution in [1.82, 2.24) is 4.90 Å². The first kappa shape index (κ1) is 17.3. The second kappa shape index (κ2) is 7.34. The van der Waals surface area contributed by atoms with Crippen LogP contribution in [0, 0.1) is 11.8 Å². The highest BCUT2D eigenvalue weighted by Crippen LogP contribution is 2.28. The van der Waals surface area contributed by atoms with E-state index < -0.39 is 5.97 Å². The standard InChI is InChI=1S/C15H27NO3S/c1-11(8-14(18)19)12-6-5-7-16(9-12)13(17)10-20-15(2,3)4/h11-12H,5-10H2,1-4H3,(H,18,19). The van der Waals surface area contributed by atoms with Crippen molar-refractivity contribution in [3.8, 4) is 0 Å². The van der Waals surface area contributed by atoms with Crippen LogP contribution in [0.25, 0.3) is 0 Å². The predicted octanol–water partition coefficient (Wildman–Crippen LogP) is 2.87. The molecule has 4 nitrogen and oxygen atoms in total.